The summed E-state index contributed by atoms with van der Waals surface area (Å²) in [6.07, 6.45) is 0.697. The maximum Gasteiger partial charge on any atom is 0.317 e. The number of aromatic nitrogens is 3. The largest absolute Gasteiger partial charge is 0.453 e. The third-order valence-corrected chi connectivity index (χ3v) is 5.74. The molecule has 0 aliphatic rings. The summed E-state index contributed by atoms with van der Waals surface area (Å²) in [7, 11) is 0. The van der Waals surface area contributed by atoms with Crippen molar-refractivity contribution in [2.45, 2.75) is 6.92 Å². The first-order chi connectivity index (χ1) is 15.0. The summed E-state index contributed by atoms with van der Waals surface area (Å²) in [6.45, 7) is 1.87. The molecule has 31 heavy (non-hydrogen) atoms. The van der Waals surface area contributed by atoms with Gasteiger partial charge in [-0.2, -0.15) is 0 Å². The standard InChI is InChI=1S/C21H12N4O5S/c1-11-8-12(10-26)19(13(9-11)21-22-14-4-2-3-5-17(14)31-21)29-16-7-6-15(25(27)28)20-18(16)23-24-30-20/h2-10H,1H3. The molecule has 9 nitrogen and oxygen atoms in total. The molecule has 0 atom stereocenters. The maximum atomic E-state index is 11.8. The van der Waals surface area contributed by atoms with Crippen LogP contribution in [-0.2, 0) is 0 Å². The number of fused-ring (bicyclic) bond motifs is 2. The molecule has 152 valence electrons. The number of aldehydes is 1. The Hall–Kier alpha value is -4.18. The van der Waals surface area contributed by atoms with E-state index in [1.54, 1.807) is 6.07 Å². The zero-order chi connectivity index (χ0) is 21.5. The van der Waals surface area contributed by atoms with Crippen molar-refractivity contribution in [3.05, 3.63) is 69.8 Å². The molecule has 0 saturated carbocycles. The van der Waals surface area contributed by atoms with Gasteiger partial charge in [0.05, 0.1) is 26.3 Å². The van der Waals surface area contributed by atoms with Crippen LogP contribution in [0.1, 0.15) is 15.9 Å². The first kappa shape index (κ1) is 18.8. The number of thiazole rings is 1. The number of carbonyl (C=O) groups excluding carboxylic acids is 1. The predicted molar refractivity (Wildman–Crippen MR) is 114 cm³/mol. The zero-order valence-corrected chi connectivity index (χ0v) is 16.8. The van der Waals surface area contributed by atoms with Gasteiger partial charge in [0.2, 0.25) is 0 Å². The average Bonchev–Trinajstić information content (AvgIpc) is 3.41. The van der Waals surface area contributed by atoms with E-state index < -0.39 is 4.92 Å². The minimum atomic E-state index is -0.589. The van der Waals surface area contributed by atoms with Crippen molar-refractivity contribution in [1.29, 1.82) is 0 Å². The number of ether oxygens (including phenoxy) is 1. The van der Waals surface area contributed by atoms with Crippen molar-refractivity contribution in [1.82, 2.24) is 15.4 Å². The molecule has 0 aliphatic carbocycles. The highest BCUT2D eigenvalue weighted by Crippen LogP contribution is 2.42. The van der Waals surface area contributed by atoms with Crippen molar-refractivity contribution in [3.8, 4) is 22.1 Å². The molecule has 0 bridgehead atoms. The number of para-hydroxylation sites is 1. The number of aryl methyl sites for hydroxylation is 1. The van der Waals surface area contributed by atoms with Gasteiger partial charge in [0.1, 0.15) is 10.8 Å². The Balaban J connectivity index is 1.70. The fourth-order valence-corrected chi connectivity index (χ4v) is 4.29. The molecular formula is C21H12N4O5S. The molecule has 0 radical (unpaired) electrons. The van der Waals surface area contributed by atoms with Crippen LogP contribution < -0.4 is 4.74 Å². The number of hydrogen-bond acceptors (Lipinski definition) is 9. The molecule has 5 aromatic rings. The fourth-order valence-electron chi connectivity index (χ4n) is 3.31. The van der Waals surface area contributed by atoms with Crippen LogP contribution in [0.4, 0.5) is 5.69 Å². The highest BCUT2D eigenvalue weighted by Gasteiger charge is 2.24. The molecule has 0 amide bonds. The van der Waals surface area contributed by atoms with E-state index in [-0.39, 0.29) is 28.3 Å². The Bertz CT molecular complexity index is 1460. The van der Waals surface area contributed by atoms with Gasteiger partial charge in [0, 0.05) is 11.3 Å². The number of nitro groups is 1. The summed E-state index contributed by atoms with van der Waals surface area (Å²) < 4.78 is 12.0. The second-order valence-corrected chi connectivity index (χ2v) is 7.76. The third kappa shape index (κ3) is 3.19. The molecule has 10 heteroatoms. The number of non-ortho nitro benzene ring substituents is 1. The number of hydrogen-bond donors (Lipinski definition) is 0. The maximum absolute atomic E-state index is 11.8. The van der Waals surface area contributed by atoms with Gasteiger partial charge < -0.3 is 9.26 Å². The molecular weight excluding hydrogens is 420 g/mol. The molecule has 2 aromatic heterocycles. The second kappa shape index (κ2) is 7.26. The molecule has 0 spiro atoms. The van der Waals surface area contributed by atoms with Crippen LogP contribution in [0.5, 0.6) is 11.5 Å². The Morgan fingerprint density at radius 3 is 2.81 bits per heavy atom. The highest BCUT2D eigenvalue weighted by molar-refractivity contribution is 7.21. The number of carbonyl (C=O) groups is 1. The van der Waals surface area contributed by atoms with E-state index >= 15 is 0 Å². The van der Waals surface area contributed by atoms with Crippen molar-refractivity contribution in [3.63, 3.8) is 0 Å². The summed E-state index contributed by atoms with van der Waals surface area (Å²) in [5, 5.41) is 19.2. The van der Waals surface area contributed by atoms with E-state index in [0.29, 0.717) is 22.4 Å². The van der Waals surface area contributed by atoms with E-state index in [0.717, 1.165) is 15.8 Å². The van der Waals surface area contributed by atoms with E-state index in [1.807, 2.05) is 37.3 Å². The van der Waals surface area contributed by atoms with E-state index in [1.165, 1.54) is 23.5 Å². The Morgan fingerprint density at radius 2 is 2.03 bits per heavy atom. The molecule has 3 aromatic carbocycles. The van der Waals surface area contributed by atoms with Crippen LogP contribution in [0.2, 0.25) is 0 Å². The van der Waals surface area contributed by atoms with Crippen LogP contribution in [0, 0.1) is 17.0 Å². The highest BCUT2D eigenvalue weighted by atomic mass is 32.1. The van der Waals surface area contributed by atoms with Gasteiger partial charge in [-0.25, -0.2) is 4.98 Å². The molecule has 0 fully saturated rings. The second-order valence-electron chi connectivity index (χ2n) is 6.73. The predicted octanol–water partition coefficient (Wildman–Crippen LogP) is 5.32. The van der Waals surface area contributed by atoms with E-state index in [2.05, 4.69) is 15.4 Å². The van der Waals surface area contributed by atoms with E-state index in [4.69, 9.17) is 9.26 Å². The average molecular weight is 432 g/mol. The van der Waals surface area contributed by atoms with Crippen LogP contribution in [0.25, 0.3) is 31.9 Å². The zero-order valence-electron chi connectivity index (χ0n) is 15.9. The third-order valence-electron chi connectivity index (χ3n) is 4.67. The molecule has 2 heterocycles. The van der Waals surface area contributed by atoms with Crippen LogP contribution in [0.3, 0.4) is 0 Å². The van der Waals surface area contributed by atoms with Gasteiger partial charge in [-0.1, -0.05) is 12.1 Å². The van der Waals surface area contributed by atoms with Gasteiger partial charge >= 0.3 is 5.69 Å². The SMILES string of the molecule is Cc1cc(C=O)c(Oc2ccc([N+](=O)[O-])c3onnc23)c(-c2nc3ccccc3s2)c1. The molecule has 0 unspecified atom stereocenters. The van der Waals surface area contributed by atoms with Crippen molar-refractivity contribution in [2.75, 3.05) is 0 Å². The van der Waals surface area contributed by atoms with Gasteiger partial charge in [-0.05, 0) is 42.8 Å². The van der Waals surface area contributed by atoms with Crippen LogP contribution in [0.15, 0.2) is 53.1 Å². The Labute approximate surface area is 178 Å². The number of rotatable bonds is 5. The summed E-state index contributed by atoms with van der Waals surface area (Å²) >= 11 is 1.47. The van der Waals surface area contributed by atoms with Gasteiger partial charge in [-0.3, -0.25) is 14.9 Å². The van der Waals surface area contributed by atoms with Crippen molar-refractivity contribution in [2.24, 2.45) is 0 Å². The number of nitro benzene ring substituents is 1. The normalized spacial score (nSPS) is 11.1. The molecule has 0 aliphatic heterocycles. The van der Waals surface area contributed by atoms with Crippen LogP contribution >= 0.6 is 11.3 Å². The van der Waals surface area contributed by atoms with Gasteiger partial charge in [0.15, 0.2) is 17.6 Å². The fraction of sp³-hybridized carbons (Fsp3) is 0.0476. The lowest BCUT2D eigenvalue weighted by Gasteiger charge is -2.13. The van der Waals surface area contributed by atoms with E-state index in [9.17, 15) is 14.9 Å². The van der Waals surface area contributed by atoms with Gasteiger partial charge in [0.25, 0.3) is 5.58 Å². The quantitative estimate of drug-likeness (QED) is 0.208. The Morgan fingerprint density at radius 1 is 1.19 bits per heavy atom. The minimum absolute atomic E-state index is 0.0851. The lowest BCUT2D eigenvalue weighted by molar-refractivity contribution is -0.383. The number of nitrogens with zero attached hydrogens (tertiary/aromatic N) is 4. The first-order valence-electron chi connectivity index (χ1n) is 9.08. The van der Waals surface area contributed by atoms with Crippen molar-refractivity contribution < 1.29 is 19.0 Å². The lowest BCUT2D eigenvalue weighted by Crippen LogP contribution is -1.97. The lowest BCUT2D eigenvalue weighted by atomic mass is 10.1. The monoisotopic (exact) mass is 432 g/mol. The van der Waals surface area contributed by atoms with Gasteiger partial charge in [-0.15, -0.1) is 16.4 Å². The Kier molecular flexibility index (Phi) is 4.41. The summed E-state index contributed by atoms with van der Waals surface area (Å²) in [5.41, 5.74) is 2.34. The topological polar surface area (TPSA) is 121 Å². The van der Waals surface area contributed by atoms with Crippen LogP contribution in [-0.4, -0.2) is 26.6 Å². The molecule has 5 rings (SSSR count). The van der Waals surface area contributed by atoms with Crippen molar-refractivity contribution >= 4 is 44.6 Å². The first-order valence-corrected chi connectivity index (χ1v) is 9.90. The summed E-state index contributed by atoms with van der Waals surface area (Å²) in [5.74, 6) is 0.453. The molecule has 0 N–H and O–H groups in total. The summed E-state index contributed by atoms with van der Waals surface area (Å²) in [6, 6.07) is 13.9. The summed E-state index contributed by atoms with van der Waals surface area (Å²) in [4.78, 5) is 27.2. The molecule has 0 saturated heterocycles. The number of benzene rings is 3. The minimum Gasteiger partial charge on any atom is -0.453 e. The smallest absolute Gasteiger partial charge is 0.317 e.